The minimum Gasteiger partial charge on any atom is -0.494 e. The number of H-pyrrole nitrogens is 1. The molecular weight excluding hydrogens is 220 g/mol. The summed E-state index contributed by atoms with van der Waals surface area (Å²) in [7, 11) is 0. The van der Waals surface area contributed by atoms with E-state index < -0.39 is 0 Å². The van der Waals surface area contributed by atoms with Crippen LogP contribution in [0.1, 0.15) is 17.4 Å². The van der Waals surface area contributed by atoms with Crippen LogP contribution in [0.3, 0.4) is 0 Å². The second kappa shape index (κ2) is 5.11. The summed E-state index contributed by atoms with van der Waals surface area (Å²) in [5.74, 6) is 0.467. The van der Waals surface area contributed by atoms with Gasteiger partial charge in [-0.05, 0) is 31.2 Å². The van der Waals surface area contributed by atoms with E-state index in [1.807, 2.05) is 6.92 Å². The van der Waals surface area contributed by atoms with E-state index >= 15 is 0 Å². The van der Waals surface area contributed by atoms with Crippen molar-refractivity contribution in [2.75, 3.05) is 11.9 Å². The highest BCUT2D eigenvalue weighted by Crippen LogP contribution is 2.15. The molecule has 0 fully saturated rings. The third kappa shape index (κ3) is 2.81. The number of carbonyl (C=O) groups excluding carboxylic acids is 1. The molecular formula is C11H12N4O2. The summed E-state index contributed by atoms with van der Waals surface area (Å²) in [5.41, 5.74) is 0.931. The van der Waals surface area contributed by atoms with E-state index in [1.54, 1.807) is 24.3 Å². The smallest absolute Gasteiger partial charge is 0.277 e. The number of aromatic amines is 1. The molecule has 0 aliphatic rings. The molecule has 0 unspecified atom stereocenters. The van der Waals surface area contributed by atoms with E-state index in [0.717, 1.165) is 5.75 Å². The number of anilines is 1. The van der Waals surface area contributed by atoms with Crippen molar-refractivity contribution in [3.8, 4) is 5.75 Å². The molecule has 2 rings (SSSR count). The van der Waals surface area contributed by atoms with Crippen LogP contribution >= 0.6 is 0 Å². The van der Waals surface area contributed by atoms with Crippen LogP contribution in [-0.4, -0.2) is 27.9 Å². The fourth-order valence-electron chi connectivity index (χ4n) is 1.31. The predicted molar refractivity (Wildman–Crippen MR) is 61.9 cm³/mol. The topological polar surface area (TPSA) is 79.9 Å². The molecule has 88 valence electrons. The molecule has 6 heteroatoms. The highest BCUT2D eigenvalue weighted by Gasteiger charge is 2.08. The van der Waals surface area contributed by atoms with E-state index in [1.165, 1.54) is 6.20 Å². The van der Waals surface area contributed by atoms with Gasteiger partial charge in [-0.15, -0.1) is 0 Å². The lowest BCUT2D eigenvalue weighted by Crippen LogP contribution is -2.12. The highest BCUT2D eigenvalue weighted by molar-refractivity contribution is 6.02. The Labute approximate surface area is 98.0 Å². The summed E-state index contributed by atoms with van der Waals surface area (Å²) < 4.78 is 5.30. The number of hydrogen-bond donors (Lipinski definition) is 2. The van der Waals surface area contributed by atoms with Gasteiger partial charge in [-0.2, -0.15) is 15.4 Å². The molecule has 1 aromatic heterocycles. The highest BCUT2D eigenvalue weighted by atomic mass is 16.5. The zero-order chi connectivity index (χ0) is 12.1. The molecule has 0 bridgehead atoms. The average Bonchev–Trinajstić information content (AvgIpc) is 2.86. The van der Waals surface area contributed by atoms with Gasteiger partial charge in [0.15, 0.2) is 5.69 Å². The first-order chi connectivity index (χ1) is 8.29. The number of carbonyl (C=O) groups is 1. The van der Waals surface area contributed by atoms with Crippen molar-refractivity contribution < 1.29 is 9.53 Å². The predicted octanol–water partition coefficient (Wildman–Crippen LogP) is 1.46. The zero-order valence-electron chi connectivity index (χ0n) is 9.30. The van der Waals surface area contributed by atoms with Crippen LogP contribution in [0.4, 0.5) is 5.69 Å². The van der Waals surface area contributed by atoms with Gasteiger partial charge in [0.25, 0.3) is 5.91 Å². The minimum absolute atomic E-state index is 0.249. The van der Waals surface area contributed by atoms with Crippen molar-refractivity contribution in [3.05, 3.63) is 36.2 Å². The molecule has 1 amide bonds. The maximum Gasteiger partial charge on any atom is 0.277 e. The van der Waals surface area contributed by atoms with Gasteiger partial charge in [0, 0.05) is 5.69 Å². The van der Waals surface area contributed by atoms with Gasteiger partial charge in [-0.25, -0.2) is 0 Å². The van der Waals surface area contributed by atoms with Crippen molar-refractivity contribution >= 4 is 11.6 Å². The molecule has 17 heavy (non-hydrogen) atoms. The summed E-state index contributed by atoms with van der Waals surface area (Å²) in [6.07, 6.45) is 1.36. The molecule has 2 N–H and O–H groups in total. The number of aromatic nitrogens is 3. The lowest BCUT2D eigenvalue weighted by atomic mass is 10.3. The number of nitrogens with zero attached hydrogens (tertiary/aromatic N) is 2. The van der Waals surface area contributed by atoms with Crippen LogP contribution in [0.15, 0.2) is 30.5 Å². The molecule has 0 aliphatic heterocycles. The van der Waals surface area contributed by atoms with Gasteiger partial charge >= 0.3 is 0 Å². The summed E-state index contributed by atoms with van der Waals surface area (Å²) in [6.45, 7) is 2.53. The quantitative estimate of drug-likeness (QED) is 0.836. The van der Waals surface area contributed by atoms with Gasteiger partial charge in [0.05, 0.1) is 12.8 Å². The molecule has 1 heterocycles. The SMILES string of the molecule is CCOc1ccc(NC(=O)c2cn[nH]n2)cc1. The molecule has 0 atom stereocenters. The summed E-state index contributed by atoms with van der Waals surface area (Å²) in [4.78, 5) is 11.6. The van der Waals surface area contributed by atoms with E-state index in [-0.39, 0.29) is 11.6 Å². The number of amides is 1. The van der Waals surface area contributed by atoms with Crippen LogP contribution in [-0.2, 0) is 0 Å². The number of ether oxygens (including phenoxy) is 1. The second-order valence-corrected chi connectivity index (χ2v) is 3.27. The van der Waals surface area contributed by atoms with E-state index in [0.29, 0.717) is 12.3 Å². The average molecular weight is 232 g/mol. The Hall–Kier alpha value is -2.37. The Kier molecular flexibility index (Phi) is 3.34. The lowest BCUT2D eigenvalue weighted by Gasteiger charge is -2.05. The number of hydrogen-bond acceptors (Lipinski definition) is 4. The first-order valence-electron chi connectivity index (χ1n) is 5.19. The van der Waals surface area contributed by atoms with Crippen LogP contribution in [0.25, 0.3) is 0 Å². The maximum absolute atomic E-state index is 11.6. The summed E-state index contributed by atoms with van der Waals surface area (Å²) in [5, 5.41) is 12.3. The number of nitrogens with one attached hydrogen (secondary N) is 2. The number of benzene rings is 1. The Morgan fingerprint density at radius 2 is 2.18 bits per heavy atom. The summed E-state index contributed by atoms with van der Waals surface area (Å²) in [6, 6.07) is 7.12. The molecule has 0 radical (unpaired) electrons. The minimum atomic E-state index is -0.303. The van der Waals surface area contributed by atoms with Gasteiger partial charge < -0.3 is 10.1 Å². The molecule has 0 saturated carbocycles. The normalized spacial score (nSPS) is 9.94. The Morgan fingerprint density at radius 1 is 1.41 bits per heavy atom. The van der Waals surface area contributed by atoms with Gasteiger partial charge in [-0.3, -0.25) is 4.79 Å². The summed E-state index contributed by atoms with van der Waals surface area (Å²) >= 11 is 0. The zero-order valence-corrected chi connectivity index (χ0v) is 9.30. The lowest BCUT2D eigenvalue weighted by molar-refractivity contribution is 0.102. The molecule has 2 aromatic rings. The van der Waals surface area contributed by atoms with Crippen molar-refractivity contribution in [2.24, 2.45) is 0 Å². The van der Waals surface area contributed by atoms with Crippen molar-refractivity contribution in [1.82, 2.24) is 15.4 Å². The first kappa shape index (κ1) is 11.1. The standard InChI is InChI=1S/C11H12N4O2/c1-2-17-9-5-3-8(4-6-9)13-11(16)10-7-12-15-14-10/h3-7H,2H2,1H3,(H,13,16)(H,12,14,15). The Morgan fingerprint density at radius 3 is 2.76 bits per heavy atom. The third-order valence-corrected chi connectivity index (χ3v) is 2.07. The van der Waals surface area contributed by atoms with Crippen LogP contribution < -0.4 is 10.1 Å². The van der Waals surface area contributed by atoms with E-state index in [9.17, 15) is 4.79 Å². The Bertz CT molecular complexity index is 479. The molecule has 0 aliphatic carbocycles. The Balaban J connectivity index is 2.01. The van der Waals surface area contributed by atoms with E-state index in [4.69, 9.17) is 4.74 Å². The monoisotopic (exact) mass is 232 g/mol. The van der Waals surface area contributed by atoms with Crippen LogP contribution in [0, 0.1) is 0 Å². The van der Waals surface area contributed by atoms with Gasteiger partial charge in [0.1, 0.15) is 5.75 Å². The second-order valence-electron chi connectivity index (χ2n) is 3.27. The molecule has 6 nitrogen and oxygen atoms in total. The molecule has 0 saturated heterocycles. The first-order valence-corrected chi connectivity index (χ1v) is 5.19. The van der Waals surface area contributed by atoms with Crippen molar-refractivity contribution in [2.45, 2.75) is 6.92 Å². The third-order valence-electron chi connectivity index (χ3n) is 2.07. The fourth-order valence-corrected chi connectivity index (χ4v) is 1.31. The van der Waals surface area contributed by atoms with Crippen LogP contribution in [0.5, 0.6) is 5.75 Å². The largest absolute Gasteiger partial charge is 0.494 e. The number of rotatable bonds is 4. The van der Waals surface area contributed by atoms with Crippen molar-refractivity contribution in [3.63, 3.8) is 0 Å². The van der Waals surface area contributed by atoms with E-state index in [2.05, 4.69) is 20.7 Å². The van der Waals surface area contributed by atoms with Gasteiger partial charge in [-0.1, -0.05) is 0 Å². The molecule has 0 spiro atoms. The van der Waals surface area contributed by atoms with Crippen molar-refractivity contribution in [1.29, 1.82) is 0 Å². The maximum atomic E-state index is 11.6. The van der Waals surface area contributed by atoms with Crippen LogP contribution in [0.2, 0.25) is 0 Å². The fraction of sp³-hybridized carbons (Fsp3) is 0.182. The molecule has 1 aromatic carbocycles. The van der Waals surface area contributed by atoms with Gasteiger partial charge in [0.2, 0.25) is 0 Å².